The van der Waals surface area contributed by atoms with Crippen LogP contribution in [0.3, 0.4) is 0 Å². The van der Waals surface area contributed by atoms with Crippen molar-refractivity contribution in [1.82, 2.24) is 0 Å². The van der Waals surface area contributed by atoms with E-state index in [1.807, 2.05) is 0 Å². The van der Waals surface area contributed by atoms with Gasteiger partial charge in [-0.05, 0) is 30.6 Å². The zero-order valence-electron chi connectivity index (χ0n) is 9.32. The fourth-order valence-electron chi connectivity index (χ4n) is 3.16. The van der Waals surface area contributed by atoms with Gasteiger partial charge in [0.15, 0.2) is 0 Å². The summed E-state index contributed by atoms with van der Waals surface area (Å²) in [7, 11) is 0. The van der Waals surface area contributed by atoms with Gasteiger partial charge in [-0.25, -0.2) is 0 Å². The second-order valence-corrected chi connectivity index (χ2v) is 5.28. The molecule has 0 N–H and O–H groups in total. The third kappa shape index (κ3) is 1.45. The van der Waals surface area contributed by atoms with Crippen LogP contribution < -0.4 is 0 Å². The van der Waals surface area contributed by atoms with E-state index in [2.05, 4.69) is 20.8 Å². The maximum Gasteiger partial charge on any atom is 0.309 e. The average molecular weight is 196 g/mol. The van der Waals surface area contributed by atoms with Gasteiger partial charge in [-0.1, -0.05) is 20.8 Å². The molecule has 0 bridgehead atoms. The SMILES string of the molecule is CC(C)C1CCC(C)C2COC(=O)C12. The second-order valence-electron chi connectivity index (χ2n) is 5.28. The molecule has 4 unspecified atom stereocenters. The normalized spacial score (nSPS) is 42.4. The minimum absolute atomic E-state index is 0.0697. The van der Waals surface area contributed by atoms with E-state index in [9.17, 15) is 4.79 Å². The summed E-state index contributed by atoms with van der Waals surface area (Å²) >= 11 is 0. The van der Waals surface area contributed by atoms with E-state index in [0.29, 0.717) is 30.3 Å². The molecule has 0 radical (unpaired) electrons. The number of hydrogen-bond acceptors (Lipinski definition) is 2. The average Bonchev–Trinajstić information content (AvgIpc) is 2.50. The maximum absolute atomic E-state index is 11.6. The van der Waals surface area contributed by atoms with Gasteiger partial charge in [-0.3, -0.25) is 4.79 Å². The van der Waals surface area contributed by atoms with E-state index in [1.165, 1.54) is 12.8 Å². The van der Waals surface area contributed by atoms with Crippen LogP contribution in [0.15, 0.2) is 0 Å². The van der Waals surface area contributed by atoms with Gasteiger partial charge >= 0.3 is 5.97 Å². The molecule has 0 aromatic carbocycles. The lowest BCUT2D eigenvalue weighted by molar-refractivity contribution is -0.143. The van der Waals surface area contributed by atoms with Gasteiger partial charge in [0, 0.05) is 5.92 Å². The van der Waals surface area contributed by atoms with Gasteiger partial charge in [0.05, 0.1) is 12.5 Å². The number of rotatable bonds is 1. The third-order valence-electron chi connectivity index (χ3n) is 4.16. The lowest BCUT2D eigenvalue weighted by atomic mass is 9.65. The molecule has 1 aliphatic carbocycles. The van der Waals surface area contributed by atoms with Crippen molar-refractivity contribution in [2.45, 2.75) is 33.6 Å². The number of cyclic esters (lactones) is 1. The highest BCUT2D eigenvalue weighted by Crippen LogP contribution is 2.45. The van der Waals surface area contributed by atoms with Crippen LogP contribution in [-0.2, 0) is 9.53 Å². The summed E-state index contributed by atoms with van der Waals surface area (Å²) in [4.78, 5) is 11.6. The van der Waals surface area contributed by atoms with Crippen LogP contribution in [0, 0.1) is 29.6 Å². The monoisotopic (exact) mass is 196 g/mol. The molecule has 4 atom stereocenters. The molecule has 0 aromatic rings. The molecule has 2 aliphatic rings. The lowest BCUT2D eigenvalue weighted by Gasteiger charge is -2.37. The van der Waals surface area contributed by atoms with Crippen molar-refractivity contribution in [2.24, 2.45) is 29.6 Å². The summed E-state index contributed by atoms with van der Waals surface area (Å²) in [5.74, 6) is 2.62. The third-order valence-corrected chi connectivity index (χ3v) is 4.16. The fourth-order valence-corrected chi connectivity index (χ4v) is 3.16. The molecule has 80 valence electrons. The van der Waals surface area contributed by atoms with Crippen molar-refractivity contribution in [3.63, 3.8) is 0 Å². The number of carbonyl (C=O) groups is 1. The number of carbonyl (C=O) groups excluding carboxylic acids is 1. The number of esters is 1. The van der Waals surface area contributed by atoms with Crippen molar-refractivity contribution >= 4 is 5.97 Å². The van der Waals surface area contributed by atoms with Crippen molar-refractivity contribution in [2.75, 3.05) is 6.61 Å². The first-order valence-electron chi connectivity index (χ1n) is 5.78. The van der Waals surface area contributed by atoms with Crippen LogP contribution in [0.5, 0.6) is 0 Å². The number of ether oxygens (including phenoxy) is 1. The Labute approximate surface area is 86.0 Å². The predicted octanol–water partition coefficient (Wildman–Crippen LogP) is 2.48. The van der Waals surface area contributed by atoms with Crippen molar-refractivity contribution < 1.29 is 9.53 Å². The Kier molecular flexibility index (Phi) is 2.54. The van der Waals surface area contributed by atoms with Crippen molar-refractivity contribution in [3.05, 3.63) is 0 Å². The zero-order valence-corrected chi connectivity index (χ0v) is 9.32. The topological polar surface area (TPSA) is 26.3 Å². The van der Waals surface area contributed by atoms with E-state index in [4.69, 9.17) is 4.74 Å². The smallest absolute Gasteiger partial charge is 0.309 e. The molecule has 0 spiro atoms. The Bertz CT molecular complexity index is 234. The standard InChI is InChI=1S/C12H20O2/c1-7(2)9-5-4-8(3)10-6-14-12(13)11(9)10/h7-11H,4-6H2,1-3H3. The summed E-state index contributed by atoms with van der Waals surface area (Å²) in [5.41, 5.74) is 0. The molecule has 0 amide bonds. The molecular formula is C12H20O2. The largest absolute Gasteiger partial charge is 0.465 e. The molecule has 0 aromatic heterocycles. The second kappa shape index (κ2) is 3.56. The molecule has 1 heterocycles. The highest BCUT2D eigenvalue weighted by molar-refractivity contribution is 5.75. The van der Waals surface area contributed by atoms with E-state index in [-0.39, 0.29) is 11.9 Å². The summed E-state index contributed by atoms with van der Waals surface area (Å²) < 4.78 is 5.21. The van der Waals surface area contributed by atoms with Gasteiger partial charge < -0.3 is 4.74 Å². The zero-order chi connectivity index (χ0) is 10.3. The Morgan fingerprint density at radius 1 is 1.36 bits per heavy atom. The number of hydrogen-bond donors (Lipinski definition) is 0. The van der Waals surface area contributed by atoms with Gasteiger partial charge in [0.1, 0.15) is 0 Å². The van der Waals surface area contributed by atoms with Gasteiger partial charge in [0.2, 0.25) is 0 Å². The first-order chi connectivity index (χ1) is 6.61. The van der Waals surface area contributed by atoms with Crippen LogP contribution in [0.25, 0.3) is 0 Å². The molecule has 1 aliphatic heterocycles. The minimum atomic E-state index is 0.0697. The van der Waals surface area contributed by atoms with Crippen molar-refractivity contribution in [1.29, 1.82) is 0 Å². The number of fused-ring (bicyclic) bond motifs is 1. The molecular weight excluding hydrogens is 176 g/mol. The molecule has 1 saturated carbocycles. The summed E-state index contributed by atoms with van der Waals surface area (Å²) in [5, 5.41) is 0. The Morgan fingerprint density at radius 2 is 2.07 bits per heavy atom. The first kappa shape index (κ1) is 10.0. The van der Waals surface area contributed by atoms with Gasteiger partial charge in [-0.2, -0.15) is 0 Å². The highest BCUT2D eigenvalue weighted by Gasteiger charge is 2.48. The molecule has 2 fully saturated rings. The Morgan fingerprint density at radius 3 is 2.71 bits per heavy atom. The van der Waals surface area contributed by atoms with Crippen molar-refractivity contribution in [3.8, 4) is 0 Å². The highest BCUT2D eigenvalue weighted by atomic mass is 16.5. The first-order valence-corrected chi connectivity index (χ1v) is 5.78. The van der Waals surface area contributed by atoms with E-state index < -0.39 is 0 Å². The summed E-state index contributed by atoms with van der Waals surface area (Å²) in [6, 6.07) is 0. The molecule has 2 rings (SSSR count). The lowest BCUT2D eigenvalue weighted by Crippen LogP contribution is -2.36. The van der Waals surface area contributed by atoms with Gasteiger partial charge in [-0.15, -0.1) is 0 Å². The van der Waals surface area contributed by atoms with Crippen LogP contribution in [0.1, 0.15) is 33.6 Å². The fraction of sp³-hybridized carbons (Fsp3) is 0.917. The van der Waals surface area contributed by atoms with E-state index in [0.717, 1.165) is 0 Å². The summed E-state index contributed by atoms with van der Waals surface area (Å²) in [6.07, 6.45) is 2.47. The van der Waals surface area contributed by atoms with Crippen LogP contribution >= 0.6 is 0 Å². The quantitative estimate of drug-likeness (QED) is 0.602. The Balaban J connectivity index is 2.19. The maximum atomic E-state index is 11.6. The molecule has 2 nitrogen and oxygen atoms in total. The van der Waals surface area contributed by atoms with Crippen LogP contribution in [-0.4, -0.2) is 12.6 Å². The van der Waals surface area contributed by atoms with Crippen LogP contribution in [0.2, 0.25) is 0 Å². The minimum Gasteiger partial charge on any atom is -0.465 e. The Hall–Kier alpha value is -0.530. The van der Waals surface area contributed by atoms with E-state index >= 15 is 0 Å². The molecule has 14 heavy (non-hydrogen) atoms. The van der Waals surface area contributed by atoms with Gasteiger partial charge in [0.25, 0.3) is 0 Å². The molecule has 1 saturated heterocycles. The van der Waals surface area contributed by atoms with E-state index in [1.54, 1.807) is 0 Å². The van der Waals surface area contributed by atoms with Crippen LogP contribution in [0.4, 0.5) is 0 Å². The predicted molar refractivity (Wildman–Crippen MR) is 54.7 cm³/mol. The summed E-state index contributed by atoms with van der Waals surface area (Å²) in [6.45, 7) is 7.39. The molecule has 2 heteroatoms.